The largest absolute Gasteiger partial charge is 0.352 e. The Bertz CT molecular complexity index is 544. The molecule has 1 unspecified atom stereocenters. The highest BCUT2D eigenvalue weighted by Gasteiger charge is 2.38. The highest BCUT2D eigenvalue weighted by Crippen LogP contribution is 2.13. The molecule has 20 heavy (non-hydrogen) atoms. The summed E-state index contributed by atoms with van der Waals surface area (Å²) >= 11 is 0. The van der Waals surface area contributed by atoms with E-state index in [2.05, 4.69) is 10.7 Å². The van der Waals surface area contributed by atoms with Crippen LogP contribution in [0.25, 0.3) is 0 Å². The Kier molecular flexibility index (Phi) is 3.97. The second kappa shape index (κ2) is 5.68. The summed E-state index contributed by atoms with van der Waals surface area (Å²) in [6.07, 6.45) is -0.198. The molecule has 1 aromatic rings. The smallest absolute Gasteiger partial charge is 0.253 e. The van der Waals surface area contributed by atoms with E-state index in [9.17, 15) is 18.8 Å². The maximum absolute atomic E-state index is 12.7. The van der Waals surface area contributed by atoms with Crippen molar-refractivity contribution in [2.24, 2.45) is 5.92 Å². The van der Waals surface area contributed by atoms with Gasteiger partial charge in [0.2, 0.25) is 5.91 Å². The fourth-order valence-electron chi connectivity index (χ4n) is 1.88. The predicted octanol–water partition coefficient (Wildman–Crippen LogP) is -0.0486. The van der Waals surface area contributed by atoms with Gasteiger partial charge in [0.05, 0.1) is 0 Å². The van der Waals surface area contributed by atoms with Crippen LogP contribution in [-0.4, -0.2) is 29.8 Å². The first-order valence-corrected chi connectivity index (χ1v) is 6.06. The number of amides is 3. The summed E-state index contributed by atoms with van der Waals surface area (Å²) in [5.41, 5.74) is 3.06. The lowest BCUT2D eigenvalue weighted by Gasteiger charge is -2.08. The number of carbonyl (C=O) groups excluding carboxylic acids is 3. The molecule has 3 amide bonds. The van der Waals surface area contributed by atoms with Crippen LogP contribution in [0.15, 0.2) is 24.3 Å². The summed E-state index contributed by atoms with van der Waals surface area (Å²) in [4.78, 5) is 34.7. The summed E-state index contributed by atoms with van der Waals surface area (Å²) in [6.45, 7) is 0.220. The van der Waals surface area contributed by atoms with Crippen LogP contribution in [0.3, 0.4) is 0 Å². The van der Waals surface area contributed by atoms with Crippen molar-refractivity contribution in [1.29, 1.82) is 0 Å². The van der Waals surface area contributed by atoms with Gasteiger partial charge in [-0.15, -0.1) is 0 Å². The topological polar surface area (TPSA) is 78.5 Å². The van der Waals surface area contributed by atoms with Gasteiger partial charge in [-0.2, -0.15) is 0 Å². The molecule has 1 heterocycles. The summed E-state index contributed by atoms with van der Waals surface area (Å²) in [7, 11) is 1.43. The Morgan fingerprint density at radius 2 is 2.00 bits per heavy atom. The molecule has 0 bridgehead atoms. The van der Waals surface area contributed by atoms with Gasteiger partial charge in [-0.1, -0.05) is 12.1 Å². The SMILES string of the molecule is CN1NC(=O)C(CC(=O)NCc2ccc(F)cc2)C1=O. The van der Waals surface area contributed by atoms with Crippen LogP contribution in [0, 0.1) is 11.7 Å². The lowest BCUT2D eigenvalue weighted by molar-refractivity contribution is -0.135. The first-order chi connectivity index (χ1) is 9.47. The van der Waals surface area contributed by atoms with Crippen molar-refractivity contribution in [2.75, 3.05) is 7.05 Å². The predicted molar refractivity (Wildman–Crippen MR) is 67.3 cm³/mol. The average Bonchev–Trinajstić information content (AvgIpc) is 2.65. The molecule has 6 nitrogen and oxygen atoms in total. The Hall–Kier alpha value is -2.44. The minimum absolute atomic E-state index is 0.198. The minimum Gasteiger partial charge on any atom is -0.352 e. The van der Waals surface area contributed by atoms with E-state index >= 15 is 0 Å². The molecule has 0 saturated carbocycles. The second-order valence-corrected chi connectivity index (χ2v) is 4.53. The molecule has 1 aliphatic heterocycles. The quantitative estimate of drug-likeness (QED) is 0.759. The molecule has 1 aromatic carbocycles. The number of hydrogen-bond donors (Lipinski definition) is 2. The van der Waals surface area contributed by atoms with E-state index in [1.165, 1.54) is 19.2 Å². The molecule has 0 radical (unpaired) electrons. The zero-order valence-corrected chi connectivity index (χ0v) is 10.9. The first kappa shape index (κ1) is 14.0. The Morgan fingerprint density at radius 3 is 2.55 bits per heavy atom. The maximum atomic E-state index is 12.7. The van der Waals surface area contributed by atoms with Crippen molar-refractivity contribution in [1.82, 2.24) is 15.8 Å². The van der Waals surface area contributed by atoms with Crippen molar-refractivity contribution in [2.45, 2.75) is 13.0 Å². The van der Waals surface area contributed by atoms with Gasteiger partial charge in [0.15, 0.2) is 0 Å². The molecular weight excluding hydrogens is 265 g/mol. The molecule has 1 atom stereocenters. The van der Waals surface area contributed by atoms with Crippen LogP contribution < -0.4 is 10.7 Å². The number of nitrogens with zero attached hydrogens (tertiary/aromatic N) is 1. The minimum atomic E-state index is -0.979. The monoisotopic (exact) mass is 279 g/mol. The van der Waals surface area contributed by atoms with Gasteiger partial charge >= 0.3 is 0 Å². The van der Waals surface area contributed by atoms with Crippen molar-refractivity contribution < 1.29 is 18.8 Å². The molecule has 1 saturated heterocycles. The van der Waals surface area contributed by atoms with E-state index < -0.39 is 23.6 Å². The molecule has 0 spiro atoms. The van der Waals surface area contributed by atoms with E-state index in [-0.39, 0.29) is 18.8 Å². The number of rotatable bonds is 4. The number of benzene rings is 1. The van der Waals surface area contributed by atoms with Gasteiger partial charge < -0.3 is 5.32 Å². The molecule has 2 N–H and O–H groups in total. The lowest BCUT2D eigenvalue weighted by Crippen LogP contribution is -2.31. The van der Waals surface area contributed by atoms with Gasteiger partial charge in [0.25, 0.3) is 11.8 Å². The molecule has 2 rings (SSSR count). The third-order valence-corrected chi connectivity index (χ3v) is 3.02. The highest BCUT2D eigenvalue weighted by molar-refractivity contribution is 6.07. The van der Waals surface area contributed by atoms with E-state index in [1.54, 1.807) is 12.1 Å². The molecular formula is C13H14FN3O3. The van der Waals surface area contributed by atoms with E-state index in [0.717, 1.165) is 10.6 Å². The van der Waals surface area contributed by atoms with Crippen LogP contribution in [0.4, 0.5) is 4.39 Å². The summed E-state index contributed by atoms with van der Waals surface area (Å²) < 4.78 is 12.7. The molecule has 1 aliphatic rings. The Morgan fingerprint density at radius 1 is 1.35 bits per heavy atom. The van der Waals surface area contributed by atoms with Crippen LogP contribution in [0.2, 0.25) is 0 Å². The van der Waals surface area contributed by atoms with Crippen LogP contribution in [0.1, 0.15) is 12.0 Å². The fraction of sp³-hybridized carbons (Fsp3) is 0.308. The third kappa shape index (κ3) is 3.11. The summed E-state index contributed by atoms with van der Waals surface area (Å²) in [5.74, 6) is -2.64. The highest BCUT2D eigenvalue weighted by atomic mass is 19.1. The summed E-state index contributed by atoms with van der Waals surface area (Å²) in [6, 6.07) is 5.70. The van der Waals surface area contributed by atoms with Crippen LogP contribution in [0.5, 0.6) is 0 Å². The van der Waals surface area contributed by atoms with Gasteiger partial charge in [0.1, 0.15) is 11.7 Å². The van der Waals surface area contributed by atoms with Crippen LogP contribution >= 0.6 is 0 Å². The zero-order chi connectivity index (χ0) is 14.7. The maximum Gasteiger partial charge on any atom is 0.253 e. The molecule has 7 heteroatoms. The second-order valence-electron chi connectivity index (χ2n) is 4.53. The molecule has 0 aliphatic carbocycles. The van der Waals surface area contributed by atoms with Crippen molar-refractivity contribution in [3.05, 3.63) is 35.6 Å². The van der Waals surface area contributed by atoms with E-state index in [4.69, 9.17) is 0 Å². The lowest BCUT2D eigenvalue weighted by atomic mass is 10.0. The Labute approximate surface area is 114 Å². The normalized spacial score (nSPS) is 18.1. The first-order valence-electron chi connectivity index (χ1n) is 6.06. The van der Waals surface area contributed by atoms with Gasteiger partial charge in [-0.25, -0.2) is 4.39 Å². The van der Waals surface area contributed by atoms with Gasteiger partial charge in [-0.05, 0) is 17.7 Å². The van der Waals surface area contributed by atoms with Crippen molar-refractivity contribution in [3.63, 3.8) is 0 Å². The Balaban J connectivity index is 1.85. The molecule has 1 fully saturated rings. The molecule has 0 aromatic heterocycles. The number of hydrogen-bond acceptors (Lipinski definition) is 3. The number of halogens is 1. The van der Waals surface area contributed by atoms with E-state index in [1.807, 2.05) is 0 Å². The average molecular weight is 279 g/mol. The number of nitrogens with one attached hydrogen (secondary N) is 2. The van der Waals surface area contributed by atoms with Gasteiger partial charge in [0, 0.05) is 20.0 Å². The van der Waals surface area contributed by atoms with Crippen molar-refractivity contribution in [3.8, 4) is 0 Å². The van der Waals surface area contributed by atoms with Crippen molar-refractivity contribution >= 4 is 17.7 Å². The fourth-order valence-corrected chi connectivity index (χ4v) is 1.88. The zero-order valence-electron chi connectivity index (χ0n) is 10.9. The third-order valence-electron chi connectivity index (χ3n) is 3.02. The van der Waals surface area contributed by atoms with E-state index in [0.29, 0.717) is 0 Å². The van der Waals surface area contributed by atoms with Gasteiger partial charge in [-0.3, -0.25) is 24.8 Å². The summed E-state index contributed by atoms with van der Waals surface area (Å²) in [5, 5.41) is 3.66. The van der Waals surface area contributed by atoms with Crippen LogP contribution in [-0.2, 0) is 20.9 Å². The molecule has 106 valence electrons. The number of hydrazine groups is 1. The number of carbonyl (C=O) groups is 3. The standard InChI is InChI=1S/C13H14FN3O3/c1-17-13(20)10(12(19)16-17)6-11(18)15-7-8-2-4-9(14)5-3-8/h2-5,10H,6-7H2,1H3,(H,15,18)(H,16,19).